The normalized spacial score (nSPS) is 10.5. The molecule has 0 aliphatic heterocycles. The predicted octanol–water partition coefficient (Wildman–Crippen LogP) is 0.974. The Morgan fingerprint density at radius 2 is 2.24 bits per heavy atom. The minimum Gasteiger partial charge on any atom is -0.495 e. The second-order valence-electron chi connectivity index (χ2n) is 4.01. The lowest BCUT2D eigenvalue weighted by molar-refractivity contribution is -0.128. The van der Waals surface area contributed by atoms with Gasteiger partial charge in [0.05, 0.1) is 25.4 Å². The number of hydrogen-bond donors (Lipinski definition) is 0. The lowest BCUT2D eigenvalue weighted by Crippen LogP contribution is -2.24. The average Bonchev–Trinajstić information content (AvgIpc) is 2.71. The van der Waals surface area contributed by atoms with Crippen molar-refractivity contribution < 1.29 is 9.53 Å². The molecular weight excluding hydrogens is 218 g/mol. The number of fused-ring (bicyclic) bond motifs is 1. The summed E-state index contributed by atoms with van der Waals surface area (Å²) < 4.78 is 7.03. The van der Waals surface area contributed by atoms with Crippen LogP contribution < -0.4 is 4.74 Å². The predicted molar refractivity (Wildman–Crippen MR) is 64.1 cm³/mol. The number of imidazole rings is 1. The summed E-state index contributed by atoms with van der Waals surface area (Å²) >= 11 is 0. The summed E-state index contributed by atoms with van der Waals surface area (Å²) in [7, 11) is 5.10. The van der Waals surface area contributed by atoms with E-state index in [1.807, 2.05) is 22.7 Å². The zero-order valence-corrected chi connectivity index (χ0v) is 10.2. The molecule has 2 aromatic heterocycles. The highest BCUT2D eigenvalue weighted by Crippen LogP contribution is 2.14. The summed E-state index contributed by atoms with van der Waals surface area (Å²) in [5.74, 6) is 0.795. The Kier molecular flexibility index (Phi) is 2.99. The summed E-state index contributed by atoms with van der Waals surface area (Å²) in [6, 6.07) is 3.71. The SMILES string of the molecule is COc1ccc2ncc(CC(=O)N(C)C)n2c1. The van der Waals surface area contributed by atoms with Gasteiger partial charge in [0.25, 0.3) is 0 Å². The number of pyridine rings is 1. The van der Waals surface area contributed by atoms with Gasteiger partial charge in [0.15, 0.2) is 0 Å². The van der Waals surface area contributed by atoms with E-state index in [0.29, 0.717) is 6.42 Å². The van der Waals surface area contributed by atoms with Gasteiger partial charge in [-0.05, 0) is 12.1 Å². The Hall–Kier alpha value is -2.04. The monoisotopic (exact) mass is 233 g/mol. The molecule has 90 valence electrons. The van der Waals surface area contributed by atoms with Crippen LogP contribution in [0.2, 0.25) is 0 Å². The van der Waals surface area contributed by atoms with E-state index in [4.69, 9.17) is 4.74 Å². The van der Waals surface area contributed by atoms with Crippen LogP contribution in [0.1, 0.15) is 5.69 Å². The molecule has 17 heavy (non-hydrogen) atoms. The number of rotatable bonds is 3. The van der Waals surface area contributed by atoms with Crippen LogP contribution in [0.3, 0.4) is 0 Å². The van der Waals surface area contributed by atoms with Crippen LogP contribution in [-0.4, -0.2) is 41.4 Å². The highest BCUT2D eigenvalue weighted by molar-refractivity contribution is 5.78. The maximum absolute atomic E-state index is 11.7. The fraction of sp³-hybridized carbons (Fsp3) is 0.333. The van der Waals surface area contributed by atoms with Gasteiger partial charge in [0, 0.05) is 20.3 Å². The van der Waals surface area contributed by atoms with E-state index < -0.39 is 0 Å². The van der Waals surface area contributed by atoms with Crippen LogP contribution in [-0.2, 0) is 11.2 Å². The van der Waals surface area contributed by atoms with Crippen LogP contribution in [0.25, 0.3) is 5.65 Å². The Balaban J connectivity index is 2.37. The molecule has 0 fully saturated rings. The van der Waals surface area contributed by atoms with Crippen molar-refractivity contribution in [3.63, 3.8) is 0 Å². The lowest BCUT2D eigenvalue weighted by Gasteiger charge is -2.09. The van der Waals surface area contributed by atoms with Crippen LogP contribution in [0.15, 0.2) is 24.5 Å². The van der Waals surface area contributed by atoms with Gasteiger partial charge in [-0.15, -0.1) is 0 Å². The third kappa shape index (κ3) is 2.22. The Labute approximate surface area is 99.6 Å². The first-order chi connectivity index (χ1) is 8.11. The van der Waals surface area contributed by atoms with E-state index in [9.17, 15) is 4.79 Å². The number of ether oxygens (including phenoxy) is 1. The van der Waals surface area contributed by atoms with Crippen molar-refractivity contribution in [3.05, 3.63) is 30.2 Å². The number of nitrogens with zero attached hydrogens (tertiary/aromatic N) is 3. The van der Waals surface area contributed by atoms with Gasteiger partial charge in [-0.2, -0.15) is 0 Å². The van der Waals surface area contributed by atoms with E-state index in [0.717, 1.165) is 17.1 Å². The maximum atomic E-state index is 11.7. The zero-order valence-electron chi connectivity index (χ0n) is 10.2. The summed E-state index contributed by atoms with van der Waals surface area (Å²) in [6.07, 6.45) is 3.89. The molecule has 2 heterocycles. The van der Waals surface area contributed by atoms with Crippen molar-refractivity contribution in [1.82, 2.24) is 14.3 Å². The molecule has 0 aliphatic carbocycles. The van der Waals surface area contributed by atoms with Crippen molar-refractivity contribution in [3.8, 4) is 5.75 Å². The first kappa shape index (κ1) is 11.4. The van der Waals surface area contributed by atoms with Gasteiger partial charge in [-0.1, -0.05) is 0 Å². The molecule has 0 aromatic carbocycles. The summed E-state index contributed by atoms with van der Waals surface area (Å²) in [5, 5.41) is 0. The molecule has 0 bridgehead atoms. The number of carbonyl (C=O) groups excluding carboxylic acids is 1. The second kappa shape index (κ2) is 4.45. The van der Waals surface area contributed by atoms with E-state index in [2.05, 4.69) is 4.98 Å². The van der Waals surface area contributed by atoms with Crippen molar-refractivity contribution >= 4 is 11.6 Å². The molecule has 0 saturated heterocycles. The van der Waals surface area contributed by atoms with Crippen molar-refractivity contribution in [2.24, 2.45) is 0 Å². The van der Waals surface area contributed by atoms with E-state index >= 15 is 0 Å². The van der Waals surface area contributed by atoms with Crippen molar-refractivity contribution in [2.45, 2.75) is 6.42 Å². The van der Waals surface area contributed by atoms with Crippen molar-refractivity contribution in [2.75, 3.05) is 21.2 Å². The molecule has 0 N–H and O–H groups in total. The van der Waals surface area contributed by atoms with Gasteiger partial charge in [0.1, 0.15) is 11.4 Å². The average molecular weight is 233 g/mol. The van der Waals surface area contributed by atoms with E-state index in [1.54, 1.807) is 32.3 Å². The fourth-order valence-corrected chi connectivity index (χ4v) is 1.58. The maximum Gasteiger partial charge on any atom is 0.228 e. The smallest absolute Gasteiger partial charge is 0.228 e. The molecule has 5 nitrogen and oxygen atoms in total. The lowest BCUT2D eigenvalue weighted by atomic mass is 10.3. The summed E-state index contributed by atoms with van der Waals surface area (Å²) in [6.45, 7) is 0. The fourth-order valence-electron chi connectivity index (χ4n) is 1.58. The molecule has 0 atom stereocenters. The van der Waals surface area contributed by atoms with Crippen LogP contribution in [0.4, 0.5) is 0 Å². The number of carbonyl (C=O) groups is 1. The van der Waals surface area contributed by atoms with Gasteiger partial charge in [0.2, 0.25) is 5.91 Å². The molecular formula is C12H15N3O2. The summed E-state index contributed by atoms with van der Waals surface area (Å²) in [5.41, 5.74) is 1.67. The molecule has 5 heteroatoms. The third-order valence-electron chi connectivity index (χ3n) is 2.62. The van der Waals surface area contributed by atoms with Gasteiger partial charge in [-0.3, -0.25) is 9.20 Å². The molecule has 0 radical (unpaired) electrons. The minimum atomic E-state index is 0.0506. The number of amides is 1. The van der Waals surface area contributed by atoms with Gasteiger partial charge < -0.3 is 9.64 Å². The Morgan fingerprint density at radius 1 is 1.47 bits per heavy atom. The van der Waals surface area contributed by atoms with Gasteiger partial charge in [-0.25, -0.2) is 4.98 Å². The number of likely N-dealkylation sites (N-methyl/N-ethyl adjacent to an activating group) is 1. The quantitative estimate of drug-likeness (QED) is 0.793. The number of methoxy groups -OCH3 is 1. The molecule has 0 saturated carbocycles. The standard InChI is InChI=1S/C12H15N3O2/c1-14(2)12(16)6-9-7-13-11-5-4-10(17-3)8-15(9)11/h4-5,7-8H,6H2,1-3H3. The molecule has 0 unspecified atom stereocenters. The minimum absolute atomic E-state index is 0.0506. The Morgan fingerprint density at radius 3 is 2.88 bits per heavy atom. The van der Waals surface area contributed by atoms with E-state index in [1.165, 1.54) is 0 Å². The first-order valence-corrected chi connectivity index (χ1v) is 5.32. The molecule has 0 spiro atoms. The first-order valence-electron chi connectivity index (χ1n) is 5.32. The van der Waals surface area contributed by atoms with Gasteiger partial charge >= 0.3 is 0 Å². The second-order valence-corrected chi connectivity index (χ2v) is 4.01. The largest absolute Gasteiger partial charge is 0.495 e. The molecule has 2 rings (SSSR count). The van der Waals surface area contributed by atoms with Crippen LogP contribution in [0, 0.1) is 0 Å². The Bertz CT molecular complexity index is 546. The van der Waals surface area contributed by atoms with Crippen LogP contribution >= 0.6 is 0 Å². The topological polar surface area (TPSA) is 46.8 Å². The molecule has 0 aliphatic rings. The summed E-state index contributed by atoms with van der Waals surface area (Å²) in [4.78, 5) is 17.5. The number of hydrogen-bond acceptors (Lipinski definition) is 3. The highest BCUT2D eigenvalue weighted by Gasteiger charge is 2.10. The highest BCUT2D eigenvalue weighted by atomic mass is 16.5. The molecule has 1 amide bonds. The van der Waals surface area contributed by atoms with E-state index in [-0.39, 0.29) is 5.91 Å². The van der Waals surface area contributed by atoms with Crippen molar-refractivity contribution in [1.29, 1.82) is 0 Å². The van der Waals surface area contributed by atoms with Crippen LogP contribution in [0.5, 0.6) is 5.75 Å². The third-order valence-corrected chi connectivity index (χ3v) is 2.62. The zero-order chi connectivity index (χ0) is 12.4. The number of aromatic nitrogens is 2. The molecule has 2 aromatic rings.